The zero-order chi connectivity index (χ0) is 18.5. The van der Waals surface area contributed by atoms with Gasteiger partial charge in [-0.05, 0) is 55.3 Å². The Kier molecular flexibility index (Phi) is 5.41. The second kappa shape index (κ2) is 7.91. The van der Waals surface area contributed by atoms with Gasteiger partial charge in [0.05, 0.1) is 7.11 Å². The van der Waals surface area contributed by atoms with Crippen LogP contribution in [0.2, 0.25) is 0 Å². The van der Waals surface area contributed by atoms with Gasteiger partial charge in [-0.15, -0.1) is 0 Å². The summed E-state index contributed by atoms with van der Waals surface area (Å²) in [4.78, 5) is 24.4. The molecule has 0 amide bonds. The fraction of sp³-hybridized carbons (Fsp3) is 0.300. The molecule has 1 heterocycles. The maximum absolute atomic E-state index is 12.3. The number of aryl methyl sites for hydroxylation is 1. The summed E-state index contributed by atoms with van der Waals surface area (Å²) in [6.07, 6.45) is -0.161. The van der Waals surface area contributed by atoms with Crippen LogP contribution in [0.3, 0.4) is 0 Å². The Labute approximate surface area is 151 Å². The molecule has 0 radical (unpaired) electrons. The number of Topliss-reactive ketones (excluding diaryl/α,β-unsaturated/α-hetero) is 1. The van der Waals surface area contributed by atoms with Crippen LogP contribution in [0.4, 0.5) is 0 Å². The Morgan fingerprint density at radius 2 is 1.81 bits per heavy atom. The number of rotatable bonds is 7. The van der Waals surface area contributed by atoms with Gasteiger partial charge in [0.25, 0.3) is 0 Å². The lowest BCUT2D eigenvalue weighted by molar-refractivity contribution is -0.146. The summed E-state index contributed by atoms with van der Waals surface area (Å²) in [5, 5.41) is 0. The van der Waals surface area contributed by atoms with Crippen molar-refractivity contribution in [2.75, 3.05) is 13.9 Å². The molecule has 0 fully saturated rings. The summed E-state index contributed by atoms with van der Waals surface area (Å²) in [6.45, 7) is 1.79. The molecule has 0 spiro atoms. The first kappa shape index (κ1) is 17.8. The van der Waals surface area contributed by atoms with Gasteiger partial charge in [-0.25, -0.2) is 0 Å². The quantitative estimate of drug-likeness (QED) is 0.561. The first-order valence-electron chi connectivity index (χ1n) is 8.33. The van der Waals surface area contributed by atoms with E-state index in [9.17, 15) is 9.59 Å². The van der Waals surface area contributed by atoms with Gasteiger partial charge in [-0.1, -0.05) is 6.07 Å². The molecule has 1 aliphatic rings. The van der Waals surface area contributed by atoms with Crippen LogP contribution in [0, 0.1) is 0 Å². The molecular formula is C20H20O6. The predicted molar refractivity (Wildman–Crippen MR) is 93.8 cm³/mol. The molecule has 2 aromatic carbocycles. The van der Waals surface area contributed by atoms with Crippen molar-refractivity contribution >= 4 is 11.8 Å². The number of carbonyl (C=O) groups excluding carboxylic acids is 2. The molecular weight excluding hydrogens is 336 g/mol. The number of carbonyl (C=O) groups is 2. The zero-order valence-corrected chi connectivity index (χ0v) is 14.7. The van der Waals surface area contributed by atoms with Gasteiger partial charge in [0.1, 0.15) is 5.75 Å². The number of benzene rings is 2. The molecule has 6 nitrogen and oxygen atoms in total. The molecule has 0 saturated heterocycles. The molecule has 3 rings (SSSR count). The summed E-state index contributed by atoms with van der Waals surface area (Å²) in [6, 6.07) is 12.2. The van der Waals surface area contributed by atoms with Gasteiger partial charge in [0.2, 0.25) is 12.6 Å². The van der Waals surface area contributed by atoms with E-state index in [1.54, 1.807) is 38.3 Å². The number of ketones is 1. The van der Waals surface area contributed by atoms with E-state index in [2.05, 4.69) is 0 Å². The summed E-state index contributed by atoms with van der Waals surface area (Å²) in [5.74, 6) is 1.38. The van der Waals surface area contributed by atoms with Crippen LogP contribution in [0.5, 0.6) is 17.2 Å². The van der Waals surface area contributed by atoms with Crippen LogP contribution in [0.25, 0.3) is 0 Å². The number of hydrogen-bond acceptors (Lipinski definition) is 6. The van der Waals surface area contributed by atoms with Crippen LogP contribution >= 0.6 is 0 Å². The largest absolute Gasteiger partial charge is 0.497 e. The highest BCUT2D eigenvalue weighted by molar-refractivity contribution is 6.00. The van der Waals surface area contributed by atoms with Crippen LogP contribution < -0.4 is 14.2 Å². The monoisotopic (exact) mass is 356 g/mol. The van der Waals surface area contributed by atoms with E-state index >= 15 is 0 Å². The van der Waals surface area contributed by atoms with E-state index in [-0.39, 0.29) is 19.0 Å². The average molecular weight is 356 g/mol. The van der Waals surface area contributed by atoms with Crippen LogP contribution in [0.15, 0.2) is 42.5 Å². The van der Waals surface area contributed by atoms with Crippen molar-refractivity contribution in [3.63, 3.8) is 0 Å². The van der Waals surface area contributed by atoms with E-state index in [4.69, 9.17) is 18.9 Å². The lowest BCUT2D eigenvalue weighted by Gasteiger charge is -2.13. The number of esters is 1. The molecule has 0 saturated carbocycles. The van der Waals surface area contributed by atoms with Gasteiger partial charge in [0.15, 0.2) is 17.6 Å². The fourth-order valence-corrected chi connectivity index (χ4v) is 2.64. The maximum atomic E-state index is 12.3. The van der Waals surface area contributed by atoms with Crippen molar-refractivity contribution < 1.29 is 28.5 Å². The first-order valence-corrected chi connectivity index (χ1v) is 8.33. The lowest BCUT2D eigenvalue weighted by Crippen LogP contribution is -2.24. The molecule has 2 aromatic rings. The topological polar surface area (TPSA) is 71.1 Å². The SMILES string of the molecule is COc1ccc(C(=O)[C@@H](C)OC(=O)CCc2ccc3c(c2)OCO3)cc1. The molecule has 1 atom stereocenters. The van der Waals surface area contributed by atoms with Gasteiger partial charge in [0, 0.05) is 12.0 Å². The molecule has 1 aliphatic heterocycles. The minimum Gasteiger partial charge on any atom is -0.497 e. The molecule has 26 heavy (non-hydrogen) atoms. The number of ether oxygens (including phenoxy) is 4. The minimum atomic E-state index is -0.840. The van der Waals surface area contributed by atoms with Gasteiger partial charge < -0.3 is 18.9 Å². The van der Waals surface area contributed by atoms with Crippen molar-refractivity contribution in [1.82, 2.24) is 0 Å². The van der Waals surface area contributed by atoms with Gasteiger partial charge in [-0.3, -0.25) is 9.59 Å². The molecule has 0 bridgehead atoms. The molecule has 0 unspecified atom stereocenters. The highest BCUT2D eigenvalue weighted by Crippen LogP contribution is 2.32. The van der Waals surface area contributed by atoms with Crippen molar-refractivity contribution in [3.8, 4) is 17.2 Å². The van der Waals surface area contributed by atoms with Crippen molar-refractivity contribution in [1.29, 1.82) is 0 Å². The Morgan fingerprint density at radius 1 is 1.08 bits per heavy atom. The van der Waals surface area contributed by atoms with Crippen molar-refractivity contribution in [3.05, 3.63) is 53.6 Å². The molecule has 0 N–H and O–H groups in total. The Morgan fingerprint density at radius 3 is 2.54 bits per heavy atom. The number of hydrogen-bond donors (Lipinski definition) is 0. The number of fused-ring (bicyclic) bond motifs is 1. The van der Waals surface area contributed by atoms with Crippen LogP contribution in [-0.4, -0.2) is 31.8 Å². The van der Waals surface area contributed by atoms with Crippen LogP contribution in [0.1, 0.15) is 29.3 Å². The second-order valence-corrected chi connectivity index (χ2v) is 5.91. The predicted octanol–water partition coefficient (Wildman–Crippen LogP) is 3.17. The first-order chi connectivity index (χ1) is 12.6. The highest BCUT2D eigenvalue weighted by atomic mass is 16.7. The highest BCUT2D eigenvalue weighted by Gasteiger charge is 2.20. The summed E-state index contributed by atoms with van der Waals surface area (Å²) in [5.41, 5.74) is 1.42. The maximum Gasteiger partial charge on any atom is 0.306 e. The summed E-state index contributed by atoms with van der Waals surface area (Å²) >= 11 is 0. The molecule has 0 aliphatic carbocycles. The van der Waals surface area contributed by atoms with E-state index in [0.717, 1.165) is 5.56 Å². The average Bonchev–Trinajstić information content (AvgIpc) is 3.13. The van der Waals surface area contributed by atoms with Crippen molar-refractivity contribution in [2.45, 2.75) is 25.9 Å². The third-order valence-electron chi connectivity index (χ3n) is 4.11. The minimum absolute atomic E-state index is 0.180. The van der Waals surface area contributed by atoms with E-state index in [0.29, 0.717) is 29.2 Å². The van der Waals surface area contributed by atoms with E-state index in [1.165, 1.54) is 0 Å². The Bertz CT molecular complexity index is 796. The summed E-state index contributed by atoms with van der Waals surface area (Å²) in [7, 11) is 1.56. The number of methoxy groups -OCH3 is 1. The van der Waals surface area contributed by atoms with E-state index in [1.807, 2.05) is 18.2 Å². The van der Waals surface area contributed by atoms with Crippen LogP contribution in [-0.2, 0) is 16.0 Å². The third-order valence-corrected chi connectivity index (χ3v) is 4.11. The summed E-state index contributed by atoms with van der Waals surface area (Å²) < 4.78 is 20.9. The zero-order valence-electron chi connectivity index (χ0n) is 14.7. The van der Waals surface area contributed by atoms with Crippen molar-refractivity contribution in [2.24, 2.45) is 0 Å². The van der Waals surface area contributed by atoms with Gasteiger partial charge >= 0.3 is 5.97 Å². The Balaban J connectivity index is 1.51. The van der Waals surface area contributed by atoms with E-state index < -0.39 is 12.1 Å². The lowest BCUT2D eigenvalue weighted by atomic mass is 10.1. The molecule has 0 aromatic heterocycles. The normalized spacial score (nSPS) is 13.2. The standard InChI is InChI=1S/C20H20O6/c1-13(20(22)15-5-7-16(23-2)8-6-15)26-19(21)10-4-14-3-9-17-18(11-14)25-12-24-17/h3,5-9,11,13H,4,10,12H2,1-2H3/t13-/m1/s1. The van der Waals surface area contributed by atoms with Gasteiger partial charge in [-0.2, -0.15) is 0 Å². The Hall–Kier alpha value is -3.02. The third kappa shape index (κ3) is 4.14. The smallest absolute Gasteiger partial charge is 0.306 e. The fourth-order valence-electron chi connectivity index (χ4n) is 2.64. The second-order valence-electron chi connectivity index (χ2n) is 5.91. The molecule has 6 heteroatoms. The molecule has 136 valence electrons.